The van der Waals surface area contributed by atoms with Gasteiger partial charge in [0.25, 0.3) is 11.8 Å². The van der Waals surface area contributed by atoms with Crippen LogP contribution in [0.3, 0.4) is 0 Å². The van der Waals surface area contributed by atoms with Gasteiger partial charge in [-0.15, -0.1) is 0 Å². The molecule has 3 amide bonds. The van der Waals surface area contributed by atoms with Gasteiger partial charge in [0.2, 0.25) is 5.91 Å². The van der Waals surface area contributed by atoms with Gasteiger partial charge in [-0.05, 0) is 36.5 Å². The van der Waals surface area contributed by atoms with Crippen molar-refractivity contribution in [1.29, 1.82) is 0 Å². The number of nitrogens with two attached hydrogens (primary N) is 1. The number of carbonyl (C=O) groups excluding carboxylic acids is 3. The summed E-state index contributed by atoms with van der Waals surface area (Å²) in [5, 5.41) is 2.26. The summed E-state index contributed by atoms with van der Waals surface area (Å²) in [5.41, 5.74) is 3.68. The zero-order valence-corrected chi connectivity index (χ0v) is 18.9. The zero-order chi connectivity index (χ0) is 24.6. The smallest absolute Gasteiger partial charge is 0.370 e. The first-order valence-corrected chi connectivity index (χ1v) is 10.7. The predicted octanol–water partition coefficient (Wildman–Crippen LogP) is 2.37. The van der Waals surface area contributed by atoms with Crippen molar-refractivity contribution < 1.29 is 32.3 Å². The highest BCUT2D eigenvalue weighted by atomic mass is 19.4. The van der Waals surface area contributed by atoms with E-state index in [1.165, 1.54) is 11.0 Å². The Hall–Kier alpha value is -2.66. The molecule has 1 saturated heterocycles. The number of amides is 3. The molecule has 1 aliphatic heterocycles. The molecular weight excluding hydrogens is 441 g/mol. The predicted molar refractivity (Wildman–Crippen MR) is 115 cm³/mol. The van der Waals surface area contributed by atoms with Gasteiger partial charge in [-0.1, -0.05) is 20.8 Å². The van der Waals surface area contributed by atoms with Crippen LogP contribution in [0.4, 0.5) is 24.5 Å². The minimum Gasteiger partial charge on any atom is -0.370 e. The fourth-order valence-electron chi connectivity index (χ4n) is 3.86. The highest BCUT2D eigenvalue weighted by Crippen LogP contribution is 2.38. The van der Waals surface area contributed by atoms with Gasteiger partial charge in [0.1, 0.15) is 6.61 Å². The Bertz CT molecular complexity index is 925. The lowest BCUT2D eigenvalue weighted by atomic mass is 9.94. The lowest BCUT2D eigenvalue weighted by molar-refractivity contribution is -0.137. The Kier molecular flexibility index (Phi) is 7.04. The molecule has 0 spiro atoms. The van der Waals surface area contributed by atoms with E-state index >= 15 is 0 Å². The van der Waals surface area contributed by atoms with Gasteiger partial charge in [0, 0.05) is 24.8 Å². The van der Waals surface area contributed by atoms with E-state index in [1.807, 2.05) is 20.8 Å². The lowest BCUT2D eigenvalue weighted by Crippen LogP contribution is -2.55. The van der Waals surface area contributed by atoms with Crippen molar-refractivity contribution in [2.75, 3.05) is 36.5 Å². The minimum atomic E-state index is -4.81. The molecule has 3 N–H and O–H groups in total. The van der Waals surface area contributed by atoms with E-state index in [2.05, 4.69) is 5.32 Å². The number of alkyl halides is 3. The number of hydrogen-bond donors (Lipinski definition) is 2. The lowest BCUT2D eigenvalue weighted by Gasteiger charge is -2.34. The third kappa shape index (κ3) is 6.23. The molecule has 0 radical (unpaired) electrons. The van der Waals surface area contributed by atoms with Crippen molar-refractivity contribution in [1.82, 2.24) is 4.90 Å². The molecular formula is C22H29F3N4O4. The monoisotopic (exact) mass is 470 g/mol. The van der Waals surface area contributed by atoms with Crippen molar-refractivity contribution in [3.05, 3.63) is 23.8 Å². The van der Waals surface area contributed by atoms with Gasteiger partial charge in [0.05, 0.1) is 17.9 Å². The minimum absolute atomic E-state index is 0.0238. The first kappa shape index (κ1) is 25.0. The summed E-state index contributed by atoms with van der Waals surface area (Å²) in [4.78, 5) is 40.2. The van der Waals surface area contributed by atoms with Gasteiger partial charge in [-0.2, -0.15) is 13.2 Å². The van der Waals surface area contributed by atoms with Crippen molar-refractivity contribution in [2.45, 2.75) is 51.9 Å². The summed E-state index contributed by atoms with van der Waals surface area (Å²) in [6.07, 6.45) is -3.25. The summed E-state index contributed by atoms with van der Waals surface area (Å²) < 4.78 is 46.5. The maximum absolute atomic E-state index is 13.8. The first-order valence-electron chi connectivity index (χ1n) is 10.7. The molecule has 0 aromatic heterocycles. The normalized spacial score (nSPS) is 18.4. The van der Waals surface area contributed by atoms with Gasteiger partial charge in [-0.25, -0.2) is 0 Å². The Balaban J connectivity index is 1.90. The quantitative estimate of drug-likeness (QED) is 0.596. The molecule has 33 heavy (non-hydrogen) atoms. The molecule has 182 valence electrons. The number of morpholine rings is 1. The molecule has 1 heterocycles. The third-order valence-electron chi connectivity index (χ3n) is 5.39. The van der Waals surface area contributed by atoms with Crippen molar-refractivity contribution in [3.63, 3.8) is 0 Å². The van der Waals surface area contributed by atoms with Gasteiger partial charge >= 0.3 is 6.18 Å². The topological polar surface area (TPSA) is 105 Å². The number of halogens is 3. The van der Waals surface area contributed by atoms with Gasteiger partial charge in [0.15, 0.2) is 6.04 Å². The number of ether oxygens (including phenoxy) is 1. The van der Waals surface area contributed by atoms with E-state index in [0.717, 1.165) is 25.0 Å². The second-order valence-corrected chi connectivity index (χ2v) is 9.58. The van der Waals surface area contributed by atoms with Gasteiger partial charge in [-0.3, -0.25) is 19.3 Å². The van der Waals surface area contributed by atoms with Crippen LogP contribution in [-0.4, -0.2) is 61.0 Å². The molecule has 3 rings (SSSR count). The van der Waals surface area contributed by atoms with E-state index in [4.69, 9.17) is 10.5 Å². The molecule has 2 fully saturated rings. The second kappa shape index (κ2) is 9.30. The van der Waals surface area contributed by atoms with Crippen LogP contribution in [-0.2, 0) is 25.3 Å². The van der Waals surface area contributed by atoms with Crippen LogP contribution < -0.4 is 16.0 Å². The molecule has 8 nitrogen and oxygen atoms in total. The zero-order valence-electron chi connectivity index (χ0n) is 18.9. The van der Waals surface area contributed by atoms with Crippen molar-refractivity contribution in [2.24, 2.45) is 11.1 Å². The number of nitrogens with one attached hydrogen (secondary N) is 1. The second-order valence-electron chi connectivity index (χ2n) is 9.58. The maximum Gasteiger partial charge on any atom is 0.418 e. The van der Waals surface area contributed by atoms with Crippen LogP contribution in [0.15, 0.2) is 18.2 Å². The highest BCUT2D eigenvalue weighted by Gasteiger charge is 2.43. The molecule has 11 heteroatoms. The Morgan fingerprint density at radius 3 is 2.45 bits per heavy atom. The first-order chi connectivity index (χ1) is 15.3. The number of rotatable bonds is 7. The number of carbonyl (C=O) groups is 3. The Morgan fingerprint density at radius 1 is 1.27 bits per heavy atom. The third-order valence-corrected chi connectivity index (χ3v) is 5.39. The standard InChI is InChI=1S/C22H29F3N4O4/c1-21(2,3)12-29(13-4-5-13)18(19(26)31)20(32)27-16-7-6-14(10-15(16)22(23,24)25)28-8-9-33-11-17(28)30/h6-7,10,13,18H,4-5,8-9,11-12H2,1-3H3,(H2,26,31)(H,27,32)/t18-/m0/s1. The van der Waals surface area contributed by atoms with Crippen LogP contribution in [0.1, 0.15) is 39.2 Å². The van der Waals surface area contributed by atoms with E-state index in [9.17, 15) is 27.6 Å². The van der Waals surface area contributed by atoms with Crippen LogP contribution in [0, 0.1) is 5.41 Å². The van der Waals surface area contributed by atoms with E-state index in [-0.39, 0.29) is 36.9 Å². The summed E-state index contributed by atoms with van der Waals surface area (Å²) >= 11 is 0. The number of nitrogens with zero attached hydrogens (tertiary/aromatic N) is 2. The fraction of sp³-hybridized carbons (Fsp3) is 0.591. The van der Waals surface area contributed by atoms with Crippen LogP contribution in [0.2, 0.25) is 0 Å². The van der Waals surface area contributed by atoms with E-state index in [1.54, 1.807) is 4.90 Å². The van der Waals surface area contributed by atoms with E-state index < -0.39 is 41.2 Å². The largest absolute Gasteiger partial charge is 0.418 e. The fourth-order valence-corrected chi connectivity index (χ4v) is 3.86. The number of anilines is 2. The molecule has 0 unspecified atom stereocenters. The average Bonchev–Trinajstić information content (AvgIpc) is 3.51. The van der Waals surface area contributed by atoms with Gasteiger partial charge < -0.3 is 20.7 Å². The summed E-state index contributed by atoms with van der Waals surface area (Å²) in [6.45, 7) is 6.29. The average molecular weight is 470 g/mol. The number of primary amides is 1. The van der Waals surface area contributed by atoms with E-state index in [0.29, 0.717) is 6.54 Å². The molecule has 2 aliphatic rings. The Morgan fingerprint density at radius 2 is 1.94 bits per heavy atom. The van der Waals surface area contributed by atoms with Crippen molar-refractivity contribution in [3.8, 4) is 0 Å². The van der Waals surface area contributed by atoms with Crippen LogP contribution in [0.25, 0.3) is 0 Å². The summed E-state index contributed by atoms with van der Waals surface area (Å²) in [6, 6.07) is 1.79. The Labute approximate surface area is 190 Å². The summed E-state index contributed by atoms with van der Waals surface area (Å²) in [5.74, 6) is -2.30. The molecule has 1 saturated carbocycles. The molecule has 1 aromatic rings. The molecule has 1 atom stereocenters. The maximum atomic E-state index is 13.8. The number of hydrogen-bond acceptors (Lipinski definition) is 5. The molecule has 1 aliphatic carbocycles. The van der Waals surface area contributed by atoms with Crippen molar-refractivity contribution >= 4 is 29.1 Å². The summed E-state index contributed by atoms with van der Waals surface area (Å²) in [7, 11) is 0. The molecule has 1 aromatic carbocycles. The SMILES string of the molecule is CC(C)(C)CN(C1CC1)[C@@H](C(N)=O)C(=O)Nc1ccc(N2CCOCC2=O)cc1C(F)(F)F. The molecule has 0 bridgehead atoms. The van der Waals surface area contributed by atoms with Crippen LogP contribution in [0.5, 0.6) is 0 Å². The highest BCUT2D eigenvalue weighted by molar-refractivity contribution is 6.10. The van der Waals surface area contributed by atoms with Crippen LogP contribution >= 0.6 is 0 Å². The number of benzene rings is 1.